The van der Waals surface area contributed by atoms with Crippen molar-refractivity contribution < 1.29 is 0 Å². The fraction of sp³-hybridized carbons (Fsp3) is 0. The highest BCUT2D eigenvalue weighted by Gasteiger charge is 2.00. The van der Waals surface area contributed by atoms with Gasteiger partial charge in [-0.2, -0.15) is 0 Å². The number of rotatable bonds is 0. The minimum atomic E-state index is 0.487. The molecule has 0 unspecified atom stereocenters. The number of hydrogen-bond acceptors (Lipinski definition) is 2. The van der Waals surface area contributed by atoms with Crippen LogP contribution in [0.1, 0.15) is 0 Å². The summed E-state index contributed by atoms with van der Waals surface area (Å²) in [6.45, 7) is 6.82. The first-order valence-electron chi connectivity index (χ1n) is 3.58. The van der Waals surface area contributed by atoms with Crippen molar-refractivity contribution in [2.24, 2.45) is 0 Å². The van der Waals surface area contributed by atoms with Crippen molar-refractivity contribution in [1.82, 2.24) is 9.97 Å². The number of pyridine rings is 2. The highest BCUT2D eigenvalue weighted by molar-refractivity contribution is 6.35. The summed E-state index contributed by atoms with van der Waals surface area (Å²) < 4.78 is 0. The van der Waals surface area contributed by atoms with Gasteiger partial charge in [-0.1, -0.05) is 11.6 Å². The van der Waals surface area contributed by atoms with Crippen LogP contribution in [0.25, 0.3) is 15.7 Å². The second-order valence-electron chi connectivity index (χ2n) is 2.49. The van der Waals surface area contributed by atoms with Gasteiger partial charge in [-0.05, 0) is 6.07 Å². The lowest BCUT2D eigenvalue weighted by molar-refractivity contribution is 1.31. The molecule has 0 aliphatic carbocycles. The van der Waals surface area contributed by atoms with Gasteiger partial charge in [0.05, 0.1) is 23.3 Å². The van der Waals surface area contributed by atoms with Crippen molar-refractivity contribution in [2.75, 3.05) is 0 Å². The molecule has 2 aromatic heterocycles. The molecule has 0 saturated carbocycles. The molecule has 0 bridgehead atoms. The molecule has 62 valence electrons. The predicted molar refractivity (Wildman–Crippen MR) is 50.8 cm³/mol. The maximum Gasteiger partial charge on any atom is 0.205 e. The first kappa shape index (κ1) is 7.96. The van der Waals surface area contributed by atoms with Crippen LogP contribution < -0.4 is 0 Å². The fourth-order valence-electron chi connectivity index (χ4n) is 1.06. The Labute approximate surface area is 79.8 Å². The van der Waals surface area contributed by atoms with E-state index in [1.807, 2.05) is 0 Å². The number of aromatic nitrogens is 2. The Balaban J connectivity index is 2.84. The molecule has 0 radical (unpaired) electrons. The minimum Gasteiger partial charge on any atom is -0.266 e. The average molecular weight is 190 g/mol. The molecule has 13 heavy (non-hydrogen) atoms. The van der Waals surface area contributed by atoms with Crippen LogP contribution in [0, 0.1) is 6.57 Å². The summed E-state index contributed by atoms with van der Waals surface area (Å²) in [7, 11) is 0. The molecule has 2 rings (SSSR count). The molecule has 2 aromatic rings. The van der Waals surface area contributed by atoms with Crippen LogP contribution in [0.4, 0.5) is 5.69 Å². The van der Waals surface area contributed by atoms with Crippen LogP contribution in [-0.2, 0) is 0 Å². The summed E-state index contributed by atoms with van der Waals surface area (Å²) >= 11 is 5.88. The first-order valence-corrected chi connectivity index (χ1v) is 3.96. The molecule has 0 atom stereocenters. The van der Waals surface area contributed by atoms with Crippen LogP contribution in [0.2, 0.25) is 5.02 Å². The predicted octanol–water partition coefficient (Wildman–Crippen LogP) is 2.83. The SMILES string of the molecule is [C-]#[N+]c1cnc2cncc(Cl)c2c1. The van der Waals surface area contributed by atoms with E-state index in [0.717, 1.165) is 5.39 Å². The largest absolute Gasteiger partial charge is 0.266 e. The van der Waals surface area contributed by atoms with Crippen molar-refractivity contribution >= 4 is 28.2 Å². The highest BCUT2D eigenvalue weighted by Crippen LogP contribution is 2.24. The van der Waals surface area contributed by atoms with Gasteiger partial charge in [0.2, 0.25) is 5.69 Å². The van der Waals surface area contributed by atoms with Crippen molar-refractivity contribution in [3.8, 4) is 0 Å². The normalized spacial score (nSPS) is 9.85. The molecule has 0 aliphatic rings. The van der Waals surface area contributed by atoms with Crippen molar-refractivity contribution in [2.45, 2.75) is 0 Å². The number of halogens is 1. The number of hydrogen-bond donors (Lipinski definition) is 0. The van der Waals surface area contributed by atoms with E-state index in [2.05, 4.69) is 14.8 Å². The third kappa shape index (κ3) is 1.32. The van der Waals surface area contributed by atoms with Gasteiger partial charge in [0.15, 0.2) is 0 Å². The minimum absolute atomic E-state index is 0.487. The van der Waals surface area contributed by atoms with Gasteiger partial charge in [-0.3, -0.25) is 9.97 Å². The number of nitrogens with zero attached hydrogens (tertiary/aromatic N) is 3. The van der Waals surface area contributed by atoms with Crippen LogP contribution in [0.3, 0.4) is 0 Å². The molecule has 0 saturated heterocycles. The van der Waals surface area contributed by atoms with Crippen LogP contribution in [0.15, 0.2) is 24.7 Å². The third-order valence-corrected chi connectivity index (χ3v) is 1.98. The van der Waals surface area contributed by atoms with E-state index >= 15 is 0 Å². The molecule has 3 nitrogen and oxygen atoms in total. The van der Waals surface area contributed by atoms with Crippen molar-refractivity contribution in [3.63, 3.8) is 0 Å². The fourth-order valence-corrected chi connectivity index (χ4v) is 1.27. The molecule has 0 spiro atoms. The van der Waals surface area contributed by atoms with Gasteiger partial charge in [-0.15, -0.1) is 0 Å². The van der Waals surface area contributed by atoms with Gasteiger partial charge in [0.1, 0.15) is 0 Å². The Morgan fingerprint density at radius 2 is 2.15 bits per heavy atom. The second-order valence-corrected chi connectivity index (χ2v) is 2.90. The summed E-state index contributed by atoms with van der Waals surface area (Å²) in [5.74, 6) is 0. The quantitative estimate of drug-likeness (QED) is 0.597. The molecular weight excluding hydrogens is 186 g/mol. The lowest BCUT2D eigenvalue weighted by atomic mass is 10.2. The zero-order valence-corrected chi connectivity index (χ0v) is 7.28. The molecule has 0 fully saturated rings. The smallest absolute Gasteiger partial charge is 0.205 e. The second kappa shape index (κ2) is 3.00. The Hall–Kier alpha value is -1.66. The zero-order valence-electron chi connectivity index (χ0n) is 6.53. The third-order valence-electron chi connectivity index (χ3n) is 1.68. The monoisotopic (exact) mass is 189 g/mol. The van der Waals surface area contributed by atoms with E-state index in [-0.39, 0.29) is 0 Å². The van der Waals surface area contributed by atoms with Gasteiger partial charge in [0, 0.05) is 17.8 Å². The Bertz CT molecular complexity index is 502. The molecule has 0 amide bonds. The van der Waals surface area contributed by atoms with Crippen molar-refractivity contribution in [3.05, 3.63) is 41.1 Å². The average Bonchev–Trinajstić information content (AvgIpc) is 2.18. The molecule has 0 aromatic carbocycles. The standard InChI is InChI=1S/C9H4ClN3/c1-11-6-2-7-8(10)4-12-5-9(7)13-3-6/h2-5H. The summed E-state index contributed by atoms with van der Waals surface area (Å²) in [6.07, 6.45) is 4.67. The summed E-state index contributed by atoms with van der Waals surface area (Å²) in [6, 6.07) is 1.71. The van der Waals surface area contributed by atoms with Gasteiger partial charge >= 0.3 is 0 Å². The first-order chi connectivity index (χ1) is 6.31. The highest BCUT2D eigenvalue weighted by atomic mass is 35.5. The maximum atomic E-state index is 6.82. The Kier molecular flexibility index (Phi) is 1.84. The van der Waals surface area contributed by atoms with E-state index in [0.29, 0.717) is 16.2 Å². The zero-order chi connectivity index (χ0) is 9.26. The van der Waals surface area contributed by atoms with E-state index in [1.165, 1.54) is 6.20 Å². The molecule has 4 heteroatoms. The van der Waals surface area contributed by atoms with E-state index in [1.54, 1.807) is 18.5 Å². The molecule has 0 N–H and O–H groups in total. The molecule has 2 heterocycles. The van der Waals surface area contributed by atoms with E-state index in [9.17, 15) is 0 Å². The Morgan fingerprint density at radius 3 is 2.92 bits per heavy atom. The molecule has 0 aliphatic heterocycles. The van der Waals surface area contributed by atoms with E-state index in [4.69, 9.17) is 18.2 Å². The van der Waals surface area contributed by atoms with E-state index < -0.39 is 0 Å². The van der Waals surface area contributed by atoms with Crippen LogP contribution in [0.5, 0.6) is 0 Å². The van der Waals surface area contributed by atoms with Crippen molar-refractivity contribution in [1.29, 1.82) is 0 Å². The van der Waals surface area contributed by atoms with Crippen LogP contribution >= 0.6 is 11.6 Å². The molecular formula is C9H4ClN3. The van der Waals surface area contributed by atoms with Gasteiger partial charge in [0.25, 0.3) is 0 Å². The Morgan fingerprint density at radius 1 is 1.31 bits per heavy atom. The van der Waals surface area contributed by atoms with Crippen LogP contribution in [-0.4, -0.2) is 9.97 Å². The lowest BCUT2D eigenvalue weighted by Gasteiger charge is -1.98. The maximum absolute atomic E-state index is 6.82. The number of fused-ring (bicyclic) bond motifs is 1. The summed E-state index contributed by atoms with van der Waals surface area (Å²) in [4.78, 5) is 11.2. The van der Waals surface area contributed by atoms with Gasteiger partial charge in [-0.25, -0.2) is 4.85 Å². The van der Waals surface area contributed by atoms with Gasteiger partial charge < -0.3 is 0 Å². The topological polar surface area (TPSA) is 30.1 Å². The summed E-state index contributed by atoms with van der Waals surface area (Å²) in [5.41, 5.74) is 1.19. The lowest BCUT2D eigenvalue weighted by Crippen LogP contribution is -1.80. The summed E-state index contributed by atoms with van der Waals surface area (Å²) in [5, 5.41) is 1.29.